The molecule has 0 fully saturated rings. The van der Waals surface area contributed by atoms with Crippen LogP contribution < -0.4 is 10.1 Å². The molecule has 2 aromatic carbocycles. The van der Waals surface area contributed by atoms with Crippen molar-refractivity contribution in [1.82, 2.24) is 15.1 Å². The Hall–Kier alpha value is -4.57. The summed E-state index contributed by atoms with van der Waals surface area (Å²) in [5.74, 6) is 0.910. The molecule has 0 atom stereocenters. The van der Waals surface area contributed by atoms with Gasteiger partial charge in [0.05, 0.1) is 30.8 Å². The maximum absolute atomic E-state index is 12.7. The quantitative estimate of drug-likeness (QED) is 0.188. The smallest absolute Gasteiger partial charge is 0.262 e. The van der Waals surface area contributed by atoms with Crippen LogP contribution in [0.2, 0.25) is 0 Å². The number of unbranched alkanes of at least 4 members (excludes halogenated alkanes) is 1. The molecule has 2 heterocycles. The maximum atomic E-state index is 12.7. The van der Waals surface area contributed by atoms with Crippen molar-refractivity contribution >= 4 is 12.0 Å². The van der Waals surface area contributed by atoms with Gasteiger partial charge in [-0.2, -0.15) is 10.4 Å². The second kappa shape index (κ2) is 11.5. The van der Waals surface area contributed by atoms with Crippen molar-refractivity contribution in [3.63, 3.8) is 0 Å². The molecule has 0 radical (unpaired) electrons. The Bertz CT molecular complexity index is 1320. The predicted octanol–water partition coefficient (Wildman–Crippen LogP) is 5.53. The maximum Gasteiger partial charge on any atom is 0.262 e. The molecule has 1 N–H and O–H groups in total. The molecule has 35 heavy (non-hydrogen) atoms. The number of aromatic nitrogens is 2. The van der Waals surface area contributed by atoms with Gasteiger partial charge in [-0.1, -0.05) is 31.5 Å². The summed E-state index contributed by atoms with van der Waals surface area (Å²) in [5, 5.41) is 17.2. The first-order valence-electron chi connectivity index (χ1n) is 11.5. The van der Waals surface area contributed by atoms with E-state index < -0.39 is 5.91 Å². The Morgan fingerprint density at radius 3 is 2.63 bits per heavy atom. The van der Waals surface area contributed by atoms with E-state index in [1.54, 1.807) is 22.9 Å². The minimum Gasteiger partial charge on any atom is -0.494 e. The lowest BCUT2D eigenvalue weighted by Crippen LogP contribution is -2.23. The van der Waals surface area contributed by atoms with Gasteiger partial charge in [0.15, 0.2) is 0 Å². The lowest BCUT2D eigenvalue weighted by atomic mass is 10.1. The Morgan fingerprint density at radius 2 is 1.94 bits per heavy atom. The highest BCUT2D eigenvalue weighted by Gasteiger charge is 2.15. The molecule has 0 spiro atoms. The van der Waals surface area contributed by atoms with Crippen LogP contribution in [0.3, 0.4) is 0 Å². The molecule has 0 aliphatic heterocycles. The number of rotatable bonds is 10. The van der Waals surface area contributed by atoms with Crippen LogP contribution in [0, 0.1) is 11.3 Å². The molecule has 176 valence electrons. The van der Waals surface area contributed by atoms with Crippen molar-refractivity contribution in [2.24, 2.45) is 0 Å². The monoisotopic (exact) mass is 466 g/mol. The van der Waals surface area contributed by atoms with Gasteiger partial charge in [-0.05, 0) is 61.0 Å². The number of para-hydroxylation sites is 1. The molecule has 0 unspecified atom stereocenters. The molecule has 0 bridgehead atoms. The third kappa shape index (κ3) is 6.06. The summed E-state index contributed by atoms with van der Waals surface area (Å²) in [6.45, 7) is 2.99. The fraction of sp³-hybridized carbons (Fsp3) is 0.179. The SMILES string of the molecule is CCCCOc1ccc(-c2nn(-c3ccccc3)cc2/C=C(\C#N)C(=O)NCc2ccco2)cc1. The minimum atomic E-state index is -0.484. The number of ether oxygens (including phenoxy) is 1. The summed E-state index contributed by atoms with van der Waals surface area (Å²) in [6.07, 6.45) is 6.98. The highest BCUT2D eigenvalue weighted by Crippen LogP contribution is 2.27. The van der Waals surface area contributed by atoms with Gasteiger partial charge in [0, 0.05) is 17.3 Å². The Balaban J connectivity index is 1.65. The van der Waals surface area contributed by atoms with Crippen LogP contribution in [0.15, 0.2) is 89.2 Å². The van der Waals surface area contributed by atoms with Crippen LogP contribution in [0.25, 0.3) is 23.0 Å². The zero-order valence-corrected chi connectivity index (χ0v) is 19.5. The van der Waals surface area contributed by atoms with E-state index in [2.05, 4.69) is 12.2 Å². The Morgan fingerprint density at radius 1 is 1.14 bits per heavy atom. The summed E-state index contributed by atoms with van der Waals surface area (Å²) in [7, 11) is 0. The molecular formula is C28H26N4O3. The number of furan rings is 1. The van der Waals surface area contributed by atoms with Gasteiger partial charge in [0.25, 0.3) is 5.91 Å². The number of hydrogen-bond donors (Lipinski definition) is 1. The van der Waals surface area contributed by atoms with Gasteiger partial charge in [-0.25, -0.2) is 4.68 Å². The van der Waals surface area contributed by atoms with E-state index in [1.165, 1.54) is 6.26 Å². The van der Waals surface area contributed by atoms with Crippen molar-refractivity contribution in [2.75, 3.05) is 6.61 Å². The Labute approximate surface area is 204 Å². The largest absolute Gasteiger partial charge is 0.494 e. The fourth-order valence-electron chi connectivity index (χ4n) is 3.45. The third-order valence-corrected chi connectivity index (χ3v) is 5.33. The molecule has 7 nitrogen and oxygen atoms in total. The molecule has 0 aliphatic carbocycles. The molecule has 2 aromatic heterocycles. The summed E-state index contributed by atoms with van der Waals surface area (Å²) < 4.78 is 12.8. The van der Waals surface area contributed by atoms with Gasteiger partial charge < -0.3 is 14.5 Å². The van der Waals surface area contributed by atoms with E-state index in [0.29, 0.717) is 23.6 Å². The highest BCUT2D eigenvalue weighted by molar-refractivity contribution is 6.02. The van der Waals surface area contributed by atoms with Gasteiger partial charge in [0.2, 0.25) is 0 Å². The topological polar surface area (TPSA) is 93.1 Å². The number of amides is 1. The van der Waals surface area contributed by atoms with E-state index >= 15 is 0 Å². The standard InChI is InChI=1S/C28H26N4O3/c1-2-3-15-34-25-13-11-21(12-14-25)27-23(20-32(31-27)24-8-5-4-6-9-24)17-22(18-29)28(33)30-19-26-10-7-16-35-26/h4-14,16-17,20H,2-3,15,19H2,1H3,(H,30,33)/b22-17+. The summed E-state index contributed by atoms with van der Waals surface area (Å²) in [4.78, 5) is 12.7. The third-order valence-electron chi connectivity index (χ3n) is 5.33. The molecule has 0 saturated heterocycles. The zero-order chi connectivity index (χ0) is 24.5. The van der Waals surface area contributed by atoms with Crippen molar-refractivity contribution in [3.8, 4) is 28.8 Å². The Kier molecular flexibility index (Phi) is 7.77. The second-order valence-corrected chi connectivity index (χ2v) is 7.87. The normalized spacial score (nSPS) is 11.1. The molecule has 7 heteroatoms. The summed E-state index contributed by atoms with van der Waals surface area (Å²) in [6, 6.07) is 22.8. The van der Waals surface area contributed by atoms with E-state index in [9.17, 15) is 10.1 Å². The van der Waals surface area contributed by atoms with Crippen LogP contribution in [0.1, 0.15) is 31.1 Å². The van der Waals surface area contributed by atoms with Crippen LogP contribution in [0.5, 0.6) is 5.75 Å². The fourth-order valence-corrected chi connectivity index (χ4v) is 3.45. The van der Waals surface area contributed by atoms with Gasteiger partial charge in [-0.3, -0.25) is 4.79 Å². The van der Waals surface area contributed by atoms with Crippen molar-refractivity contribution in [2.45, 2.75) is 26.3 Å². The first-order valence-corrected chi connectivity index (χ1v) is 11.5. The summed E-state index contributed by atoms with van der Waals surface area (Å²) in [5.41, 5.74) is 3.00. The van der Waals surface area contributed by atoms with E-state index in [1.807, 2.05) is 66.9 Å². The number of carbonyl (C=O) groups is 1. The van der Waals surface area contributed by atoms with E-state index in [-0.39, 0.29) is 12.1 Å². The zero-order valence-electron chi connectivity index (χ0n) is 19.5. The number of carbonyl (C=O) groups excluding carboxylic acids is 1. The minimum absolute atomic E-state index is 0.0232. The van der Waals surface area contributed by atoms with Gasteiger partial charge in [-0.15, -0.1) is 0 Å². The molecule has 0 saturated carbocycles. The highest BCUT2D eigenvalue weighted by atomic mass is 16.5. The van der Waals surface area contributed by atoms with E-state index in [4.69, 9.17) is 14.3 Å². The lowest BCUT2D eigenvalue weighted by molar-refractivity contribution is -0.117. The van der Waals surface area contributed by atoms with Crippen LogP contribution in [0.4, 0.5) is 0 Å². The molecule has 4 aromatic rings. The lowest BCUT2D eigenvalue weighted by Gasteiger charge is -2.06. The van der Waals surface area contributed by atoms with Crippen molar-refractivity contribution < 1.29 is 13.9 Å². The number of nitrogens with one attached hydrogen (secondary N) is 1. The first kappa shape index (κ1) is 23.6. The van der Waals surface area contributed by atoms with Gasteiger partial charge in [0.1, 0.15) is 23.2 Å². The molecular weight excluding hydrogens is 440 g/mol. The van der Waals surface area contributed by atoms with Crippen LogP contribution in [-0.4, -0.2) is 22.3 Å². The molecule has 0 aliphatic rings. The second-order valence-electron chi connectivity index (χ2n) is 7.87. The molecule has 4 rings (SSSR count). The van der Waals surface area contributed by atoms with Crippen molar-refractivity contribution in [1.29, 1.82) is 5.26 Å². The number of nitrogens with zero attached hydrogens (tertiary/aromatic N) is 3. The first-order chi connectivity index (χ1) is 17.2. The van der Waals surface area contributed by atoms with Crippen LogP contribution >= 0.6 is 0 Å². The van der Waals surface area contributed by atoms with Gasteiger partial charge >= 0.3 is 0 Å². The van der Waals surface area contributed by atoms with E-state index in [0.717, 1.165) is 29.8 Å². The van der Waals surface area contributed by atoms with Crippen LogP contribution in [-0.2, 0) is 11.3 Å². The number of hydrogen-bond acceptors (Lipinski definition) is 5. The average molecular weight is 467 g/mol. The number of benzene rings is 2. The molecule has 1 amide bonds. The number of nitriles is 1. The predicted molar refractivity (Wildman–Crippen MR) is 134 cm³/mol. The van der Waals surface area contributed by atoms with Crippen molar-refractivity contribution in [3.05, 3.63) is 96.1 Å². The average Bonchev–Trinajstić information content (AvgIpc) is 3.57. The summed E-state index contributed by atoms with van der Waals surface area (Å²) >= 11 is 0.